The Morgan fingerprint density at radius 2 is 1.81 bits per heavy atom. The maximum absolute atomic E-state index is 13.2. The molecule has 0 radical (unpaired) electrons. The summed E-state index contributed by atoms with van der Waals surface area (Å²) in [5.74, 6) is 0.714. The maximum Gasteiger partial charge on any atom is 0.257 e. The van der Waals surface area contributed by atoms with Crippen molar-refractivity contribution in [3.8, 4) is 11.5 Å². The first-order chi connectivity index (χ1) is 17.9. The van der Waals surface area contributed by atoms with Crippen LogP contribution < -0.4 is 10.6 Å². The smallest absolute Gasteiger partial charge is 0.257 e. The number of carbonyl (C=O) groups excluding carboxylic acids is 2. The number of hydrazine groups is 1. The van der Waals surface area contributed by atoms with Gasteiger partial charge in [-0.2, -0.15) is 4.98 Å². The van der Waals surface area contributed by atoms with E-state index in [0.717, 1.165) is 23.4 Å². The fourth-order valence-electron chi connectivity index (χ4n) is 4.28. The second-order valence-corrected chi connectivity index (χ2v) is 9.21. The van der Waals surface area contributed by atoms with E-state index in [1.807, 2.05) is 49.2 Å². The molecule has 0 saturated heterocycles. The highest BCUT2D eigenvalue weighted by molar-refractivity contribution is 5.87. The normalized spacial score (nSPS) is 12.9. The van der Waals surface area contributed by atoms with E-state index in [1.165, 1.54) is 11.1 Å². The summed E-state index contributed by atoms with van der Waals surface area (Å²) in [7, 11) is 1.77. The van der Waals surface area contributed by atoms with Crippen molar-refractivity contribution in [1.29, 1.82) is 0 Å². The molecule has 2 N–H and O–H groups in total. The predicted octanol–water partition coefficient (Wildman–Crippen LogP) is 2.59. The molecule has 2 aromatic carbocycles. The fraction of sp³-hybridized carbons (Fsp3) is 0.407. The lowest BCUT2D eigenvalue weighted by Gasteiger charge is -2.31. The minimum Gasteiger partial charge on any atom is -0.376 e. The molecule has 0 saturated carbocycles. The number of anilines is 1. The Balaban J connectivity index is 1.39. The summed E-state index contributed by atoms with van der Waals surface area (Å²) in [6, 6.07) is 13.9. The third kappa shape index (κ3) is 6.52. The minimum atomic E-state index is -0.150. The Hall–Kier alpha value is -3.76. The van der Waals surface area contributed by atoms with Gasteiger partial charge in [-0.1, -0.05) is 42.4 Å². The van der Waals surface area contributed by atoms with E-state index in [0.29, 0.717) is 37.9 Å². The minimum absolute atomic E-state index is 0.00946. The number of nitrogens with one attached hydrogen (secondary N) is 2. The number of hydrogen-bond acceptors (Lipinski definition) is 8. The number of fused-ring (bicyclic) bond motifs is 1. The van der Waals surface area contributed by atoms with Crippen molar-refractivity contribution in [1.82, 2.24) is 30.4 Å². The average Bonchev–Trinajstić information content (AvgIpc) is 3.53. The Kier molecular flexibility index (Phi) is 8.52. The number of aromatic nitrogens is 2. The van der Waals surface area contributed by atoms with Crippen molar-refractivity contribution in [2.75, 3.05) is 45.1 Å². The van der Waals surface area contributed by atoms with Gasteiger partial charge in [-0.15, -0.1) is 0 Å². The monoisotopic (exact) mass is 505 g/mol. The van der Waals surface area contributed by atoms with Gasteiger partial charge < -0.3 is 20.1 Å². The topological polar surface area (TPSA) is 107 Å². The standard InChI is InChI=1S/C27H35N7O3/c1-5-28-12-13-33(18-26(36)32(4)34-16-22-8-6-7-9-23(22)17-34)25(35)15-29-24-14-21(11-10-19(24)2)27-30-20(3)31-37-27/h6-11,14,28-29H,5,12-13,15-18H2,1-4H3. The molecule has 1 aliphatic heterocycles. The van der Waals surface area contributed by atoms with Crippen LogP contribution in [0.2, 0.25) is 0 Å². The lowest BCUT2D eigenvalue weighted by Crippen LogP contribution is -2.49. The van der Waals surface area contributed by atoms with Gasteiger partial charge in [0.25, 0.3) is 11.8 Å². The largest absolute Gasteiger partial charge is 0.376 e. The molecule has 10 nitrogen and oxygen atoms in total. The number of benzene rings is 2. The first kappa shape index (κ1) is 26.3. The van der Waals surface area contributed by atoms with E-state index in [4.69, 9.17) is 4.52 Å². The van der Waals surface area contributed by atoms with Gasteiger partial charge in [0.2, 0.25) is 5.91 Å². The summed E-state index contributed by atoms with van der Waals surface area (Å²) in [5, 5.41) is 14.0. The molecular formula is C27H35N7O3. The molecule has 0 fully saturated rings. The molecule has 1 aromatic heterocycles. The van der Waals surface area contributed by atoms with Gasteiger partial charge in [0.05, 0.1) is 6.54 Å². The molecular weight excluding hydrogens is 470 g/mol. The molecule has 4 rings (SSSR count). The van der Waals surface area contributed by atoms with Crippen LogP contribution in [0.5, 0.6) is 0 Å². The van der Waals surface area contributed by atoms with Crippen molar-refractivity contribution in [2.45, 2.75) is 33.9 Å². The van der Waals surface area contributed by atoms with Crippen LogP contribution in [0, 0.1) is 13.8 Å². The number of nitrogens with zero attached hydrogens (tertiary/aromatic N) is 5. The van der Waals surface area contributed by atoms with Gasteiger partial charge in [-0.3, -0.25) is 14.6 Å². The average molecular weight is 506 g/mol. The summed E-state index contributed by atoms with van der Waals surface area (Å²) in [6.45, 7) is 9.02. The highest BCUT2D eigenvalue weighted by atomic mass is 16.5. The van der Waals surface area contributed by atoms with Gasteiger partial charge in [-0.05, 0) is 49.2 Å². The first-order valence-corrected chi connectivity index (χ1v) is 12.6. The second kappa shape index (κ2) is 12.0. The van der Waals surface area contributed by atoms with Crippen LogP contribution in [0.3, 0.4) is 0 Å². The lowest BCUT2D eigenvalue weighted by atomic mass is 10.1. The quantitative estimate of drug-likeness (QED) is 0.383. The number of amides is 2. The molecule has 0 atom stereocenters. The lowest BCUT2D eigenvalue weighted by molar-refractivity contribution is -0.151. The van der Waals surface area contributed by atoms with Crippen molar-refractivity contribution in [3.63, 3.8) is 0 Å². The summed E-state index contributed by atoms with van der Waals surface area (Å²) in [5.41, 5.74) is 5.00. The van der Waals surface area contributed by atoms with Gasteiger partial charge >= 0.3 is 0 Å². The van der Waals surface area contributed by atoms with E-state index in [2.05, 4.69) is 32.9 Å². The highest BCUT2D eigenvalue weighted by Crippen LogP contribution is 2.25. The second-order valence-electron chi connectivity index (χ2n) is 9.21. The van der Waals surface area contributed by atoms with Crippen LogP contribution in [-0.2, 0) is 22.7 Å². The number of aryl methyl sites for hydroxylation is 2. The van der Waals surface area contributed by atoms with Crippen molar-refractivity contribution >= 4 is 17.5 Å². The van der Waals surface area contributed by atoms with E-state index in [1.54, 1.807) is 23.9 Å². The third-order valence-corrected chi connectivity index (χ3v) is 6.54. The number of rotatable bonds is 11. The molecule has 196 valence electrons. The zero-order valence-electron chi connectivity index (χ0n) is 22.0. The van der Waals surface area contributed by atoms with Crippen LogP contribution in [-0.4, -0.2) is 76.6 Å². The van der Waals surface area contributed by atoms with E-state index in [-0.39, 0.29) is 24.9 Å². The molecule has 37 heavy (non-hydrogen) atoms. The first-order valence-electron chi connectivity index (χ1n) is 12.6. The molecule has 2 amide bonds. The summed E-state index contributed by atoms with van der Waals surface area (Å²) < 4.78 is 5.28. The SMILES string of the molecule is CCNCCN(CC(=O)N(C)N1Cc2ccccc2C1)C(=O)CNc1cc(-c2nc(C)no2)ccc1C. The van der Waals surface area contributed by atoms with Crippen LogP contribution in [0.4, 0.5) is 5.69 Å². The summed E-state index contributed by atoms with van der Waals surface area (Å²) in [6.07, 6.45) is 0. The summed E-state index contributed by atoms with van der Waals surface area (Å²) in [4.78, 5) is 32.3. The van der Waals surface area contributed by atoms with Gasteiger partial charge in [0.1, 0.15) is 6.54 Å². The van der Waals surface area contributed by atoms with E-state index >= 15 is 0 Å². The van der Waals surface area contributed by atoms with E-state index in [9.17, 15) is 9.59 Å². The highest BCUT2D eigenvalue weighted by Gasteiger charge is 2.27. The third-order valence-electron chi connectivity index (χ3n) is 6.54. The van der Waals surface area contributed by atoms with Gasteiger partial charge in [-0.25, -0.2) is 5.01 Å². The van der Waals surface area contributed by atoms with Crippen LogP contribution >= 0.6 is 0 Å². The van der Waals surface area contributed by atoms with Crippen LogP contribution in [0.15, 0.2) is 47.0 Å². The number of likely N-dealkylation sites (N-methyl/N-ethyl adjacent to an activating group) is 2. The molecule has 0 aliphatic carbocycles. The van der Waals surface area contributed by atoms with Crippen LogP contribution in [0.1, 0.15) is 29.4 Å². The Labute approximate surface area is 217 Å². The molecule has 3 aromatic rings. The molecule has 0 spiro atoms. The van der Waals surface area contributed by atoms with Gasteiger partial charge in [0, 0.05) is 44.5 Å². The van der Waals surface area contributed by atoms with Crippen molar-refractivity contribution in [2.24, 2.45) is 0 Å². The van der Waals surface area contributed by atoms with E-state index < -0.39 is 0 Å². The Bertz CT molecular complexity index is 1220. The van der Waals surface area contributed by atoms with Gasteiger partial charge in [0.15, 0.2) is 5.82 Å². The fourth-order valence-corrected chi connectivity index (χ4v) is 4.28. The summed E-state index contributed by atoms with van der Waals surface area (Å²) >= 11 is 0. The Morgan fingerprint density at radius 3 is 2.46 bits per heavy atom. The molecule has 2 heterocycles. The predicted molar refractivity (Wildman–Crippen MR) is 141 cm³/mol. The molecule has 10 heteroatoms. The van der Waals surface area contributed by atoms with Crippen molar-refractivity contribution in [3.05, 3.63) is 65.0 Å². The van der Waals surface area contributed by atoms with Crippen molar-refractivity contribution < 1.29 is 14.1 Å². The maximum atomic E-state index is 13.2. The zero-order valence-corrected chi connectivity index (χ0v) is 22.0. The van der Waals surface area contributed by atoms with Crippen LogP contribution in [0.25, 0.3) is 11.5 Å². The molecule has 0 bridgehead atoms. The zero-order chi connectivity index (χ0) is 26.4. The molecule has 1 aliphatic rings. The Morgan fingerprint density at radius 1 is 1.08 bits per heavy atom. The molecule has 0 unspecified atom stereocenters. The number of carbonyl (C=O) groups is 2. The number of hydrogen-bond donors (Lipinski definition) is 2.